The van der Waals surface area contributed by atoms with E-state index in [-0.39, 0.29) is 0 Å². The monoisotopic (exact) mass is 228 g/mol. The summed E-state index contributed by atoms with van der Waals surface area (Å²) in [5.41, 5.74) is 0.314. The van der Waals surface area contributed by atoms with Gasteiger partial charge in [-0.1, -0.05) is 20.8 Å². The van der Waals surface area contributed by atoms with Gasteiger partial charge in [0.15, 0.2) is 0 Å². The van der Waals surface area contributed by atoms with E-state index in [4.69, 9.17) is 4.74 Å². The average Bonchev–Trinajstić information content (AvgIpc) is 3.00. The van der Waals surface area contributed by atoms with E-state index in [0.29, 0.717) is 11.5 Å². The molecule has 1 atom stereocenters. The van der Waals surface area contributed by atoms with E-state index < -0.39 is 0 Å². The summed E-state index contributed by atoms with van der Waals surface area (Å²) in [6.07, 6.45) is 2.73. The third kappa shape index (κ3) is 4.40. The van der Waals surface area contributed by atoms with Crippen LogP contribution in [-0.4, -0.2) is 50.8 Å². The summed E-state index contributed by atoms with van der Waals surface area (Å²) < 4.78 is 5.19. The molecule has 1 aliphatic rings. The lowest BCUT2D eigenvalue weighted by Crippen LogP contribution is -2.48. The Kier molecular flexibility index (Phi) is 5.22. The smallest absolute Gasteiger partial charge is 0.0589 e. The van der Waals surface area contributed by atoms with Gasteiger partial charge in [0.05, 0.1) is 6.61 Å². The molecule has 0 aromatic rings. The second kappa shape index (κ2) is 5.99. The van der Waals surface area contributed by atoms with Crippen molar-refractivity contribution in [3.8, 4) is 0 Å². The molecular formula is C13H28N2O. The molecule has 1 saturated carbocycles. The summed E-state index contributed by atoms with van der Waals surface area (Å²) in [5.74, 6) is 0. The minimum Gasteiger partial charge on any atom is -0.383 e. The van der Waals surface area contributed by atoms with Gasteiger partial charge in [0.1, 0.15) is 0 Å². The molecule has 0 aliphatic heterocycles. The molecule has 1 N–H and O–H groups in total. The standard InChI is InChI=1S/C13H28N2O/c1-13(2,3)12(14-4)10-15(8-9-16-5)11-6-7-11/h11-12,14H,6-10H2,1-5H3. The molecule has 0 amide bonds. The molecule has 0 spiro atoms. The van der Waals surface area contributed by atoms with Crippen molar-refractivity contribution in [2.24, 2.45) is 5.41 Å². The molecule has 0 aromatic carbocycles. The highest BCUT2D eigenvalue weighted by molar-refractivity contribution is 4.90. The number of ether oxygens (including phenoxy) is 1. The van der Waals surface area contributed by atoms with E-state index in [9.17, 15) is 0 Å². The topological polar surface area (TPSA) is 24.5 Å². The Bertz CT molecular complexity index is 197. The van der Waals surface area contributed by atoms with E-state index in [1.165, 1.54) is 12.8 Å². The summed E-state index contributed by atoms with van der Waals surface area (Å²) >= 11 is 0. The number of hydrogen-bond acceptors (Lipinski definition) is 3. The van der Waals surface area contributed by atoms with Gasteiger partial charge in [-0.25, -0.2) is 0 Å². The van der Waals surface area contributed by atoms with Crippen molar-refractivity contribution in [2.45, 2.75) is 45.7 Å². The summed E-state index contributed by atoms with van der Waals surface area (Å²) in [6, 6.07) is 1.36. The number of methoxy groups -OCH3 is 1. The number of nitrogens with zero attached hydrogens (tertiary/aromatic N) is 1. The SMILES string of the molecule is CNC(CN(CCOC)C1CC1)C(C)(C)C. The Morgan fingerprint density at radius 1 is 1.38 bits per heavy atom. The van der Waals surface area contributed by atoms with Gasteiger partial charge in [-0.05, 0) is 25.3 Å². The lowest BCUT2D eigenvalue weighted by atomic mass is 9.86. The minimum absolute atomic E-state index is 0.314. The maximum Gasteiger partial charge on any atom is 0.0589 e. The van der Waals surface area contributed by atoms with E-state index in [0.717, 1.165) is 25.7 Å². The molecule has 0 saturated heterocycles. The third-order valence-corrected chi connectivity index (χ3v) is 3.46. The zero-order chi connectivity index (χ0) is 12.2. The predicted molar refractivity (Wildman–Crippen MR) is 68.8 cm³/mol. The van der Waals surface area contributed by atoms with Crippen molar-refractivity contribution < 1.29 is 4.74 Å². The molecule has 0 aromatic heterocycles. The molecule has 0 bridgehead atoms. The van der Waals surface area contributed by atoms with Gasteiger partial charge in [0.2, 0.25) is 0 Å². The van der Waals surface area contributed by atoms with Crippen LogP contribution in [0.2, 0.25) is 0 Å². The summed E-state index contributed by atoms with van der Waals surface area (Å²) in [7, 11) is 3.85. The van der Waals surface area contributed by atoms with Crippen molar-refractivity contribution in [1.29, 1.82) is 0 Å². The quantitative estimate of drug-likeness (QED) is 0.718. The van der Waals surface area contributed by atoms with Gasteiger partial charge in [0, 0.05) is 32.3 Å². The van der Waals surface area contributed by atoms with Crippen LogP contribution in [0, 0.1) is 5.41 Å². The first-order valence-corrected chi connectivity index (χ1v) is 6.39. The molecule has 0 heterocycles. The highest BCUT2D eigenvalue weighted by Gasteiger charge is 2.33. The van der Waals surface area contributed by atoms with E-state index in [2.05, 4.69) is 38.0 Å². The maximum atomic E-state index is 5.19. The summed E-state index contributed by atoms with van der Waals surface area (Å²) in [4.78, 5) is 2.58. The molecule has 16 heavy (non-hydrogen) atoms. The van der Waals surface area contributed by atoms with Gasteiger partial charge in [-0.3, -0.25) is 4.90 Å². The molecular weight excluding hydrogens is 200 g/mol. The number of rotatable bonds is 7. The van der Waals surface area contributed by atoms with Crippen LogP contribution >= 0.6 is 0 Å². The van der Waals surface area contributed by atoms with Gasteiger partial charge in [-0.2, -0.15) is 0 Å². The molecule has 3 nitrogen and oxygen atoms in total. The molecule has 3 heteroatoms. The largest absolute Gasteiger partial charge is 0.383 e. The van der Waals surface area contributed by atoms with Crippen LogP contribution in [0.1, 0.15) is 33.6 Å². The van der Waals surface area contributed by atoms with E-state index in [1.54, 1.807) is 7.11 Å². The highest BCUT2D eigenvalue weighted by atomic mass is 16.5. The molecule has 96 valence electrons. The van der Waals surface area contributed by atoms with Crippen LogP contribution in [0.25, 0.3) is 0 Å². The molecule has 1 aliphatic carbocycles. The highest BCUT2D eigenvalue weighted by Crippen LogP contribution is 2.29. The number of nitrogens with one attached hydrogen (secondary N) is 1. The molecule has 1 fully saturated rings. The van der Waals surface area contributed by atoms with Gasteiger partial charge in [-0.15, -0.1) is 0 Å². The average molecular weight is 228 g/mol. The summed E-state index contributed by atoms with van der Waals surface area (Å²) in [6.45, 7) is 9.95. The fourth-order valence-corrected chi connectivity index (χ4v) is 2.10. The van der Waals surface area contributed by atoms with Gasteiger partial charge >= 0.3 is 0 Å². The Morgan fingerprint density at radius 2 is 2.00 bits per heavy atom. The molecule has 1 rings (SSSR count). The first kappa shape index (κ1) is 13.9. The van der Waals surface area contributed by atoms with Gasteiger partial charge in [0.25, 0.3) is 0 Å². The van der Waals surface area contributed by atoms with Crippen molar-refractivity contribution in [1.82, 2.24) is 10.2 Å². The fraction of sp³-hybridized carbons (Fsp3) is 1.00. The van der Waals surface area contributed by atoms with Crippen LogP contribution < -0.4 is 5.32 Å². The Balaban J connectivity index is 2.45. The minimum atomic E-state index is 0.314. The lowest BCUT2D eigenvalue weighted by molar-refractivity contribution is 0.119. The normalized spacial score (nSPS) is 19.1. The zero-order valence-corrected chi connectivity index (χ0v) is 11.5. The van der Waals surface area contributed by atoms with Crippen molar-refractivity contribution in [3.05, 3.63) is 0 Å². The number of likely N-dealkylation sites (N-methyl/N-ethyl adjacent to an activating group) is 1. The first-order valence-electron chi connectivity index (χ1n) is 6.39. The fourth-order valence-electron chi connectivity index (χ4n) is 2.10. The van der Waals surface area contributed by atoms with Crippen molar-refractivity contribution in [3.63, 3.8) is 0 Å². The van der Waals surface area contributed by atoms with Crippen molar-refractivity contribution in [2.75, 3.05) is 33.9 Å². The van der Waals surface area contributed by atoms with Crippen LogP contribution in [0.4, 0.5) is 0 Å². The summed E-state index contributed by atoms with van der Waals surface area (Å²) in [5, 5.41) is 3.45. The van der Waals surface area contributed by atoms with Crippen LogP contribution in [-0.2, 0) is 4.74 Å². The Labute approximate surface area is 101 Å². The van der Waals surface area contributed by atoms with E-state index in [1.807, 2.05) is 0 Å². The second-order valence-electron chi connectivity index (χ2n) is 5.93. The molecule has 0 radical (unpaired) electrons. The lowest BCUT2D eigenvalue weighted by Gasteiger charge is -2.35. The second-order valence-corrected chi connectivity index (χ2v) is 5.93. The number of hydrogen-bond donors (Lipinski definition) is 1. The Hall–Kier alpha value is -0.120. The maximum absolute atomic E-state index is 5.19. The van der Waals surface area contributed by atoms with Crippen LogP contribution in [0.15, 0.2) is 0 Å². The first-order chi connectivity index (χ1) is 7.49. The van der Waals surface area contributed by atoms with E-state index >= 15 is 0 Å². The predicted octanol–water partition coefficient (Wildman–Crippen LogP) is 1.73. The zero-order valence-electron chi connectivity index (χ0n) is 11.5. The van der Waals surface area contributed by atoms with Crippen LogP contribution in [0.5, 0.6) is 0 Å². The Morgan fingerprint density at radius 3 is 2.38 bits per heavy atom. The van der Waals surface area contributed by atoms with Crippen LogP contribution in [0.3, 0.4) is 0 Å². The van der Waals surface area contributed by atoms with Crippen molar-refractivity contribution >= 4 is 0 Å². The van der Waals surface area contributed by atoms with Gasteiger partial charge < -0.3 is 10.1 Å². The molecule has 1 unspecified atom stereocenters. The third-order valence-electron chi connectivity index (χ3n) is 3.46.